The van der Waals surface area contributed by atoms with E-state index < -0.39 is 0 Å². The lowest BCUT2D eigenvalue weighted by atomic mass is 10.1. The normalized spacial score (nSPS) is 13.8. The molecule has 0 spiro atoms. The second kappa shape index (κ2) is 5.14. The highest BCUT2D eigenvalue weighted by Crippen LogP contribution is 2.22. The van der Waals surface area contributed by atoms with Gasteiger partial charge in [0.05, 0.1) is 23.8 Å². The number of rotatable bonds is 2. The van der Waals surface area contributed by atoms with E-state index in [0.717, 1.165) is 37.2 Å². The van der Waals surface area contributed by atoms with Gasteiger partial charge in [-0.05, 0) is 25.3 Å². The van der Waals surface area contributed by atoms with E-state index in [1.165, 1.54) is 0 Å². The van der Waals surface area contributed by atoms with Crippen LogP contribution in [0.15, 0.2) is 30.7 Å². The third-order valence-electron chi connectivity index (χ3n) is 3.76. The number of nitrogens with one attached hydrogen (secondary N) is 2. The van der Waals surface area contributed by atoms with Crippen molar-refractivity contribution in [2.24, 2.45) is 0 Å². The summed E-state index contributed by atoms with van der Waals surface area (Å²) in [7, 11) is 0. The number of anilines is 2. The number of carbonyl (C=O) groups is 1. The number of hydrogen-bond donors (Lipinski definition) is 2. The van der Waals surface area contributed by atoms with E-state index in [9.17, 15) is 4.79 Å². The number of fused-ring (bicyclic) bond motifs is 2. The molecule has 112 valence electrons. The van der Waals surface area contributed by atoms with Crippen molar-refractivity contribution in [3.63, 3.8) is 0 Å². The van der Waals surface area contributed by atoms with Gasteiger partial charge in [-0.15, -0.1) is 0 Å². The number of urea groups is 1. The van der Waals surface area contributed by atoms with E-state index in [1.54, 1.807) is 35.2 Å². The van der Waals surface area contributed by atoms with Crippen molar-refractivity contribution in [1.29, 1.82) is 0 Å². The van der Waals surface area contributed by atoms with Crippen molar-refractivity contribution in [1.82, 2.24) is 24.4 Å². The van der Waals surface area contributed by atoms with Crippen LogP contribution in [0.4, 0.5) is 16.3 Å². The fourth-order valence-electron chi connectivity index (χ4n) is 2.72. The van der Waals surface area contributed by atoms with Gasteiger partial charge in [-0.2, -0.15) is 14.7 Å². The average molecular weight is 297 g/mol. The molecular weight excluding hydrogens is 282 g/mol. The van der Waals surface area contributed by atoms with Crippen LogP contribution in [0.3, 0.4) is 0 Å². The van der Waals surface area contributed by atoms with Crippen molar-refractivity contribution in [2.75, 3.05) is 10.6 Å². The average Bonchev–Trinajstić information content (AvgIpc) is 3.15. The monoisotopic (exact) mass is 297 g/mol. The summed E-state index contributed by atoms with van der Waals surface area (Å²) < 4.78 is 3.53. The molecule has 0 unspecified atom stereocenters. The zero-order chi connectivity index (χ0) is 14.9. The van der Waals surface area contributed by atoms with Gasteiger partial charge in [0, 0.05) is 18.8 Å². The number of aromatic nitrogens is 5. The van der Waals surface area contributed by atoms with Crippen LogP contribution in [-0.4, -0.2) is 30.4 Å². The summed E-state index contributed by atoms with van der Waals surface area (Å²) in [5.41, 5.74) is 2.53. The Hall–Kier alpha value is -2.90. The molecule has 0 radical (unpaired) electrons. The molecule has 0 saturated heterocycles. The molecule has 4 rings (SSSR count). The first-order valence-corrected chi connectivity index (χ1v) is 7.23. The number of aryl methyl sites for hydroxylation is 1. The lowest BCUT2D eigenvalue weighted by molar-refractivity contribution is 0.262. The molecular formula is C14H15N7O. The fraction of sp³-hybridized carbons (Fsp3) is 0.286. The molecule has 2 N–H and O–H groups in total. The van der Waals surface area contributed by atoms with Crippen LogP contribution in [-0.2, 0) is 13.0 Å². The van der Waals surface area contributed by atoms with Gasteiger partial charge in [0.2, 0.25) is 0 Å². The van der Waals surface area contributed by atoms with E-state index >= 15 is 0 Å². The van der Waals surface area contributed by atoms with Crippen LogP contribution >= 0.6 is 0 Å². The molecule has 8 heteroatoms. The van der Waals surface area contributed by atoms with Crippen LogP contribution in [0, 0.1) is 0 Å². The van der Waals surface area contributed by atoms with Crippen molar-refractivity contribution in [3.05, 3.63) is 36.4 Å². The summed E-state index contributed by atoms with van der Waals surface area (Å²) in [5.74, 6) is 0.563. The summed E-state index contributed by atoms with van der Waals surface area (Å²) in [5, 5.41) is 14.1. The molecule has 1 aliphatic heterocycles. The predicted molar refractivity (Wildman–Crippen MR) is 80.8 cm³/mol. The first kappa shape index (κ1) is 12.8. The van der Waals surface area contributed by atoms with Gasteiger partial charge in [0.15, 0.2) is 5.65 Å². The summed E-state index contributed by atoms with van der Waals surface area (Å²) in [4.78, 5) is 16.4. The topological polar surface area (TPSA) is 89.1 Å². The van der Waals surface area contributed by atoms with Gasteiger partial charge in [-0.3, -0.25) is 10.00 Å². The molecule has 22 heavy (non-hydrogen) atoms. The third kappa shape index (κ3) is 2.18. The fourth-order valence-corrected chi connectivity index (χ4v) is 2.72. The zero-order valence-electron chi connectivity index (χ0n) is 11.9. The molecule has 0 bridgehead atoms. The molecule has 4 heterocycles. The van der Waals surface area contributed by atoms with E-state index in [1.807, 2.05) is 4.68 Å². The molecule has 0 aromatic carbocycles. The first-order chi connectivity index (χ1) is 10.8. The molecule has 3 aromatic heterocycles. The second-order valence-corrected chi connectivity index (χ2v) is 5.20. The SMILES string of the molecule is O=C(Nc1cnn2c1CCCC2)Nc1ccnc2ccnn12. The molecule has 3 aromatic rings. The maximum atomic E-state index is 12.2. The molecule has 0 atom stereocenters. The van der Waals surface area contributed by atoms with Crippen LogP contribution in [0.5, 0.6) is 0 Å². The van der Waals surface area contributed by atoms with Gasteiger partial charge in [0.25, 0.3) is 0 Å². The minimum atomic E-state index is -0.315. The van der Waals surface area contributed by atoms with Gasteiger partial charge < -0.3 is 5.32 Å². The third-order valence-corrected chi connectivity index (χ3v) is 3.76. The number of nitrogens with zero attached hydrogens (tertiary/aromatic N) is 5. The maximum Gasteiger partial charge on any atom is 0.324 e. The molecule has 2 amide bonds. The highest BCUT2D eigenvalue weighted by atomic mass is 16.2. The Balaban J connectivity index is 1.53. The Bertz CT molecular complexity index is 835. The van der Waals surface area contributed by atoms with Crippen LogP contribution < -0.4 is 10.6 Å². The molecule has 0 aliphatic carbocycles. The van der Waals surface area contributed by atoms with Gasteiger partial charge in [-0.25, -0.2) is 9.78 Å². The van der Waals surface area contributed by atoms with Crippen molar-refractivity contribution >= 4 is 23.2 Å². The number of hydrogen-bond acceptors (Lipinski definition) is 4. The first-order valence-electron chi connectivity index (χ1n) is 7.23. The number of amides is 2. The second-order valence-electron chi connectivity index (χ2n) is 5.20. The van der Waals surface area contributed by atoms with E-state index in [0.29, 0.717) is 11.5 Å². The van der Waals surface area contributed by atoms with Crippen LogP contribution in [0.25, 0.3) is 5.65 Å². The van der Waals surface area contributed by atoms with Crippen LogP contribution in [0.1, 0.15) is 18.5 Å². The lowest BCUT2D eigenvalue weighted by Gasteiger charge is -2.15. The molecule has 0 fully saturated rings. The summed E-state index contributed by atoms with van der Waals surface area (Å²) >= 11 is 0. The highest BCUT2D eigenvalue weighted by Gasteiger charge is 2.16. The Kier molecular flexibility index (Phi) is 2.99. The summed E-state index contributed by atoms with van der Waals surface area (Å²) in [6.45, 7) is 0.914. The van der Waals surface area contributed by atoms with Gasteiger partial charge >= 0.3 is 6.03 Å². The molecule has 8 nitrogen and oxygen atoms in total. The van der Waals surface area contributed by atoms with E-state index in [2.05, 4.69) is 25.8 Å². The quantitative estimate of drug-likeness (QED) is 0.756. The smallest absolute Gasteiger partial charge is 0.305 e. The van der Waals surface area contributed by atoms with Gasteiger partial charge in [0.1, 0.15) is 5.82 Å². The van der Waals surface area contributed by atoms with Gasteiger partial charge in [-0.1, -0.05) is 0 Å². The number of carbonyl (C=O) groups excluding carboxylic acids is 1. The predicted octanol–water partition coefficient (Wildman–Crippen LogP) is 1.91. The highest BCUT2D eigenvalue weighted by molar-refractivity contribution is 5.99. The van der Waals surface area contributed by atoms with Crippen molar-refractivity contribution in [2.45, 2.75) is 25.8 Å². The van der Waals surface area contributed by atoms with Crippen molar-refractivity contribution < 1.29 is 4.79 Å². The Labute approximate surface area is 126 Å². The summed E-state index contributed by atoms with van der Waals surface area (Å²) in [6.07, 6.45) is 8.17. The van der Waals surface area contributed by atoms with Crippen LogP contribution in [0.2, 0.25) is 0 Å². The maximum absolute atomic E-state index is 12.2. The zero-order valence-corrected chi connectivity index (χ0v) is 11.9. The molecule has 1 aliphatic rings. The minimum absolute atomic E-state index is 0.315. The Morgan fingerprint density at radius 3 is 3.05 bits per heavy atom. The van der Waals surface area contributed by atoms with E-state index in [4.69, 9.17) is 0 Å². The van der Waals surface area contributed by atoms with Crippen molar-refractivity contribution in [3.8, 4) is 0 Å². The van der Waals surface area contributed by atoms with E-state index in [-0.39, 0.29) is 6.03 Å². The lowest BCUT2D eigenvalue weighted by Crippen LogP contribution is -2.22. The Morgan fingerprint density at radius 2 is 2.09 bits per heavy atom. The summed E-state index contributed by atoms with van der Waals surface area (Å²) in [6, 6.07) is 3.16. The largest absolute Gasteiger partial charge is 0.324 e. The standard InChI is InChI=1S/C14H15N7O/c22-14(18-10-9-17-20-8-2-1-3-11(10)20)19-13-4-6-15-12-5-7-16-21(12)13/h4-7,9H,1-3,8H2,(H2,18,19,22). The minimum Gasteiger partial charge on any atom is -0.305 e. The Morgan fingerprint density at radius 1 is 1.14 bits per heavy atom. The molecule has 0 saturated carbocycles.